The lowest BCUT2D eigenvalue weighted by Gasteiger charge is -2.12. The highest BCUT2D eigenvalue weighted by Gasteiger charge is 2.11. The summed E-state index contributed by atoms with van der Waals surface area (Å²) in [5.41, 5.74) is 3.32. The van der Waals surface area contributed by atoms with E-state index in [1.54, 1.807) is 12.1 Å². The van der Waals surface area contributed by atoms with E-state index >= 15 is 0 Å². The summed E-state index contributed by atoms with van der Waals surface area (Å²) < 4.78 is 13.5. The zero-order chi connectivity index (χ0) is 23.6. The van der Waals surface area contributed by atoms with E-state index in [9.17, 15) is 4.79 Å². The van der Waals surface area contributed by atoms with Gasteiger partial charge in [0.05, 0.1) is 23.9 Å². The first-order valence-electron chi connectivity index (χ1n) is 11.8. The van der Waals surface area contributed by atoms with E-state index in [2.05, 4.69) is 28.6 Å². The molecule has 4 rings (SSSR count). The van der Waals surface area contributed by atoms with E-state index in [1.165, 1.54) is 11.8 Å². The zero-order valence-electron chi connectivity index (χ0n) is 19.4. The van der Waals surface area contributed by atoms with E-state index in [0.717, 1.165) is 61.3 Å². The Labute approximate surface area is 200 Å². The van der Waals surface area contributed by atoms with Crippen LogP contribution in [0.2, 0.25) is 0 Å². The topological polar surface area (TPSA) is 69.3 Å². The number of benzene rings is 2. The quantitative estimate of drug-likeness (QED) is 0.210. The van der Waals surface area contributed by atoms with Gasteiger partial charge in [0.1, 0.15) is 11.6 Å². The summed E-state index contributed by atoms with van der Waals surface area (Å²) in [4.78, 5) is 16.9. The summed E-state index contributed by atoms with van der Waals surface area (Å²) in [6, 6.07) is 19.7. The Balaban J connectivity index is 1.29. The van der Waals surface area contributed by atoms with Crippen LogP contribution >= 0.6 is 0 Å². The fourth-order valence-electron chi connectivity index (χ4n) is 4.03. The van der Waals surface area contributed by atoms with Crippen LogP contribution in [0.3, 0.4) is 0 Å². The number of unbranched alkanes of at least 4 members (excludes halogenated alkanes) is 1. The van der Waals surface area contributed by atoms with Crippen molar-refractivity contribution in [2.45, 2.75) is 38.6 Å². The number of hydrogen-bond donors (Lipinski definition) is 1. The zero-order valence-corrected chi connectivity index (χ0v) is 19.4. The predicted molar refractivity (Wildman–Crippen MR) is 134 cm³/mol. The van der Waals surface area contributed by atoms with Gasteiger partial charge < -0.3 is 19.0 Å². The van der Waals surface area contributed by atoms with Crippen molar-refractivity contribution in [1.29, 1.82) is 0 Å². The number of carbonyl (C=O) groups is 1. The van der Waals surface area contributed by atoms with Gasteiger partial charge in [-0.3, -0.25) is 4.79 Å². The summed E-state index contributed by atoms with van der Waals surface area (Å²) in [5, 5.41) is 2.91. The standard InChI is InChI=1S/C28H31N3O3/c1-2-11-22-12-3-6-15-25(22)33-20-8-7-19-31-24-14-5-4-13-23(24)30-27(31)17-9-18-29-28(32)26-16-10-21-34-26/h2-6,10,12-16,21H,1,7-9,11,17-20H2,(H,29,32). The molecule has 0 bridgehead atoms. The molecule has 0 aliphatic heterocycles. The molecule has 2 aromatic carbocycles. The maximum atomic E-state index is 12.0. The van der Waals surface area contributed by atoms with Gasteiger partial charge in [0.25, 0.3) is 5.91 Å². The number of ether oxygens (including phenoxy) is 1. The van der Waals surface area contributed by atoms with Crippen LogP contribution in [0.1, 0.15) is 41.2 Å². The molecule has 0 saturated carbocycles. The monoisotopic (exact) mass is 457 g/mol. The van der Waals surface area contributed by atoms with Crippen molar-refractivity contribution in [2.75, 3.05) is 13.2 Å². The van der Waals surface area contributed by atoms with Gasteiger partial charge in [0.2, 0.25) is 0 Å². The summed E-state index contributed by atoms with van der Waals surface area (Å²) in [6.07, 6.45) is 7.75. The minimum Gasteiger partial charge on any atom is -0.493 e. The molecule has 0 atom stereocenters. The van der Waals surface area contributed by atoms with Crippen LogP contribution in [0.25, 0.3) is 11.0 Å². The van der Waals surface area contributed by atoms with Gasteiger partial charge in [-0.05, 0) is 61.6 Å². The molecular formula is C28H31N3O3. The fourth-order valence-corrected chi connectivity index (χ4v) is 4.03. The maximum Gasteiger partial charge on any atom is 0.286 e. The first kappa shape index (κ1) is 23.4. The number of carbonyl (C=O) groups excluding carboxylic acids is 1. The molecule has 2 heterocycles. The number of hydrogen-bond acceptors (Lipinski definition) is 4. The maximum absolute atomic E-state index is 12.0. The molecule has 0 aliphatic carbocycles. The Bertz CT molecular complexity index is 1210. The number of furan rings is 1. The van der Waals surface area contributed by atoms with Crippen molar-refractivity contribution in [1.82, 2.24) is 14.9 Å². The third-order valence-corrected chi connectivity index (χ3v) is 5.71. The lowest BCUT2D eigenvalue weighted by Crippen LogP contribution is -2.24. The van der Waals surface area contributed by atoms with Crippen molar-refractivity contribution in [3.05, 3.63) is 96.7 Å². The molecule has 6 nitrogen and oxygen atoms in total. The summed E-state index contributed by atoms with van der Waals surface area (Å²) in [6.45, 7) is 5.95. The highest BCUT2D eigenvalue weighted by Crippen LogP contribution is 2.20. The first-order chi connectivity index (χ1) is 16.8. The van der Waals surface area contributed by atoms with Crippen molar-refractivity contribution in [3.8, 4) is 5.75 Å². The fraction of sp³-hybridized carbons (Fsp3) is 0.286. The summed E-state index contributed by atoms with van der Waals surface area (Å²) in [7, 11) is 0. The number of amides is 1. The molecule has 0 fully saturated rings. The van der Waals surface area contributed by atoms with E-state index < -0.39 is 0 Å². The second kappa shape index (κ2) is 11.9. The highest BCUT2D eigenvalue weighted by molar-refractivity contribution is 5.91. The SMILES string of the molecule is C=CCc1ccccc1OCCCCn1c(CCCNC(=O)c2ccco2)nc2ccccc21. The van der Waals surface area contributed by atoms with E-state index in [0.29, 0.717) is 18.9 Å². The number of allylic oxidation sites excluding steroid dienone is 1. The van der Waals surface area contributed by atoms with Gasteiger partial charge in [-0.25, -0.2) is 4.98 Å². The van der Waals surface area contributed by atoms with E-state index in [-0.39, 0.29) is 5.91 Å². The number of imidazole rings is 1. The minimum atomic E-state index is -0.187. The van der Waals surface area contributed by atoms with Gasteiger partial charge in [0, 0.05) is 19.5 Å². The third-order valence-electron chi connectivity index (χ3n) is 5.71. The smallest absolute Gasteiger partial charge is 0.286 e. The Hall–Kier alpha value is -3.80. The van der Waals surface area contributed by atoms with E-state index in [1.807, 2.05) is 42.5 Å². The molecule has 0 unspecified atom stereocenters. The predicted octanol–water partition coefficient (Wildman–Crippen LogP) is 5.58. The molecular weight excluding hydrogens is 426 g/mol. The third kappa shape index (κ3) is 5.95. The molecule has 0 saturated heterocycles. The number of nitrogens with zero attached hydrogens (tertiary/aromatic N) is 2. The van der Waals surface area contributed by atoms with Crippen LogP contribution in [0.5, 0.6) is 5.75 Å². The second-order valence-electron chi connectivity index (χ2n) is 8.16. The van der Waals surface area contributed by atoms with E-state index in [4.69, 9.17) is 14.1 Å². The lowest BCUT2D eigenvalue weighted by atomic mass is 10.1. The molecule has 2 aromatic heterocycles. The van der Waals surface area contributed by atoms with Crippen molar-refractivity contribution in [3.63, 3.8) is 0 Å². The molecule has 0 aliphatic rings. The number of nitrogens with one attached hydrogen (secondary N) is 1. The Morgan fingerprint density at radius 2 is 1.91 bits per heavy atom. The van der Waals surface area contributed by atoms with Crippen LogP contribution in [0.4, 0.5) is 0 Å². The molecule has 1 N–H and O–H groups in total. The molecule has 34 heavy (non-hydrogen) atoms. The second-order valence-corrected chi connectivity index (χ2v) is 8.16. The molecule has 0 spiro atoms. The number of aryl methyl sites for hydroxylation is 2. The Kier molecular flexibility index (Phi) is 8.17. The van der Waals surface area contributed by atoms with Gasteiger partial charge in [-0.2, -0.15) is 0 Å². The summed E-state index contributed by atoms with van der Waals surface area (Å²) in [5.74, 6) is 2.13. The van der Waals surface area contributed by atoms with Gasteiger partial charge in [-0.1, -0.05) is 36.4 Å². The normalized spacial score (nSPS) is 10.9. The Morgan fingerprint density at radius 3 is 2.76 bits per heavy atom. The van der Waals surface area contributed by atoms with Crippen LogP contribution < -0.4 is 10.1 Å². The van der Waals surface area contributed by atoms with Crippen LogP contribution in [0.15, 0.2) is 84.0 Å². The first-order valence-corrected chi connectivity index (χ1v) is 11.8. The van der Waals surface area contributed by atoms with Crippen molar-refractivity contribution in [2.24, 2.45) is 0 Å². The number of aromatic nitrogens is 2. The summed E-state index contributed by atoms with van der Waals surface area (Å²) >= 11 is 0. The van der Waals surface area contributed by atoms with Crippen LogP contribution in [0, 0.1) is 0 Å². The van der Waals surface area contributed by atoms with Gasteiger partial charge in [0.15, 0.2) is 5.76 Å². The largest absolute Gasteiger partial charge is 0.493 e. The number of fused-ring (bicyclic) bond motifs is 1. The molecule has 6 heteroatoms. The number of rotatable bonds is 13. The highest BCUT2D eigenvalue weighted by atomic mass is 16.5. The van der Waals surface area contributed by atoms with Crippen LogP contribution in [-0.2, 0) is 19.4 Å². The molecule has 0 radical (unpaired) electrons. The van der Waals surface area contributed by atoms with Crippen LogP contribution in [-0.4, -0.2) is 28.6 Å². The number of para-hydroxylation sites is 3. The van der Waals surface area contributed by atoms with Gasteiger partial charge >= 0.3 is 0 Å². The van der Waals surface area contributed by atoms with Crippen molar-refractivity contribution >= 4 is 16.9 Å². The molecule has 4 aromatic rings. The van der Waals surface area contributed by atoms with Gasteiger partial charge in [-0.15, -0.1) is 6.58 Å². The average molecular weight is 458 g/mol. The molecule has 176 valence electrons. The molecule has 1 amide bonds. The average Bonchev–Trinajstić information content (AvgIpc) is 3.51. The lowest BCUT2D eigenvalue weighted by molar-refractivity contribution is 0.0925. The Morgan fingerprint density at radius 1 is 1.06 bits per heavy atom. The minimum absolute atomic E-state index is 0.187. The van der Waals surface area contributed by atoms with Crippen molar-refractivity contribution < 1.29 is 13.9 Å².